The molecule has 5 aromatic rings. The van der Waals surface area contributed by atoms with Gasteiger partial charge in [-0.25, -0.2) is 13.4 Å². The summed E-state index contributed by atoms with van der Waals surface area (Å²) in [6.07, 6.45) is 1.55. The number of ether oxygens (including phenoxy) is 1. The molecule has 0 radical (unpaired) electrons. The maximum Gasteiger partial charge on any atom is 0.264 e. The van der Waals surface area contributed by atoms with E-state index in [9.17, 15) is 13.2 Å². The molecule has 0 saturated heterocycles. The van der Waals surface area contributed by atoms with E-state index < -0.39 is 10.0 Å². The summed E-state index contributed by atoms with van der Waals surface area (Å²) in [6.45, 7) is 2.64. The van der Waals surface area contributed by atoms with E-state index in [1.165, 1.54) is 51.9 Å². The first-order chi connectivity index (χ1) is 18.4. The highest BCUT2D eigenvalue weighted by atomic mass is 32.2. The number of anilines is 2. The first-order valence-electron chi connectivity index (χ1n) is 11.9. The fraction of sp³-hybridized carbons (Fsp3) is 0.143. The average molecular weight is 548 g/mol. The van der Waals surface area contributed by atoms with E-state index in [2.05, 4.69) is 4.98 Å². The van der Waals surface area contributed by atoms with Gasteiger partial charge in [0, 0.05) is 12.6 Å². The lowest BCUT2D eigenvalue weighted by molar-refractivity contribution is 0.0983. The van der Waals surface area contributed by atoms with Gasteiger partial charge in [-0.1, -0.05) is 29.5 Å². The Balaban J connectivity index is 1.45. The van der Waals surface area contributed by atoms with Crippen LogP contribution in [0.1, 0.15) is 23.0 Å². The number of amides is 1. The SMILES string of the molecule is CCOc1ccc2nc(N(Cc3ccco3)C(=O)c3ccc(S(=O)(=O)N(C)c4ccccc4)cc3)sc2c1. The van der Waals surface area contributed by atoms with Crippen molar-refractivity contribution in [3.63, 3.8) is 0 Å². The molecular weight excluding hydrogens is 522 g/mol. The molecule has 0 aliphatic carbocycles. The van der Waals surface area contributed by atoms with Gasteiger partial charge in [-0.15, -0.1) is 0 Å². The fourth-order valence-electron chi connectivity index (χ4n) is 3.91. The number of benzene rings is 3. The van der Waals surface area contributed by atoms with Gasteiger partial charge in [0.2, 0.25) is 0 Å². The van der Waals surface area contributed by atoms with Gasteiger partial charge in [0.25, 0.3) is 15.9 Å². The van der Waals surface area contributed by atoms with Crippen LogP contribution in [0.4, 0.5) is 10.8 Å². The summed E-state index contributed by atoms with van der Waals surface area (Å²) in [7, 11) is -2.30. The average Bonchev–Trinajstić information content (AvgIpc) is 3.61. The van der Waals surface area contributed by atoms with Crippen molar-refractivity contribution < 1.29 is 22.4 Å². The molecule has 0 atom stereocenters. The molecule has 8 nitrogen and oxygen atoms in total. The third-order valence-electron chi connectivity index (χ3n) is 5.91. The topological polar surface area (TPSA) is 93.0 Å². The van der Waals surface area contributed by atoms with Gasteiger partial charge in [0.1, 0.15) is 11.5 Å². The van der Waals surface area contributed by atoms with Crippen LogP contribution in [0.25, 0.3) is 10.2 Å². The number of hydrogen-bond donors (Lipinski definition) is 0. The number of para-hydroxylation sites is 1. The van der Waals surface area contributed by atoms with Crippen LogP contribution in [-0.2, 0) is 16.6 Å². The predicted octanol–water partition coefficient (Wildman–Crippen LogP) is 5.96. The molecule has 0 N–H and O–H groups in total. The zero-order chi connectivity index (χ0) is 26.7. The minimum atomic E-state index is -3.80. The zero-order valence-corrected chi connectivity index (χ0v) is 22.4. The Morgan fingerprint density at radius 2 is 1.76 bits per heavy atom. The Bertz CT molecular complexity index is 1650. The van der Waals surface area contributed by atoms with Gasteiger partial charge >= 0.3 is 0 Å². The van der Waals surface area contributed by atoms with Crippen molar-refractivity contribution >= 4 is 48.3 Å². The number of carbonyl (C=O) groups excluding carboxylic acids is 1. The van der Waals surface area contributed by atoms with Crippen LogP contribution >= 0.6 is 11.3 Å². The Labute approximate surface area is 224 Å². The summed E-state index contributed by atoms with van der Waals surface area (Å²) in [5.41, 5.74) is 1.61. The highest BCUT2D eigenvalue weighted by Crippen LogP contribution is 2.33. The van der Waals surface area contributed by atoms with E-state index in [-0.39, 0.29) is 17.3 Å². The molecule has 0 bridgehead atoms. The van der Waals surface area contributed by atoms with Crippen LogP contribution in [-0.4, -0.2) is 33.0 Å². The van der Waals surface area contributed by atoms with Gasteiger partial charge < -0.3 is 9.15 Å². The molecule has 0 spiro atoms. The molecule has 0 unspecified atom stereocenters. The maximum absolute atomic E-state index is 13.7. The van der Waals surface area contributed by atoms with E-state index in [1.54, 1.807) is 42.7 Å². The van der Waals surface area contributed by atoms with Gasteiger partial charge in [-0.2, -0.15) is 0 Å². The second-order valence-corrected chi connectivity index (χ2v) is 11.3. The third kappa shape index (κ3) is 5.13. The predicted molar refractivity (Wildman–Crippen MR) is 148 cm³/mol. The molecule has 0 aliphatic heterocycles. The molecule has 0 fully saturated rings. The van der Waals surface area contributed by atoms with Crippen LogP contribution in [0.2, 0.25) is 0 Å². The molecule has 0 aliphatic rings. The lowest BCUT2D eigenvalue weighted by Gasteiger charge is -2.21. The second-order valence-electron chi connectivity index (χ2n) is 8.36. The Morgan fingerprint density at radius 3 is 2.45 bits per heavy atom. The van der Waals surface area contributed by atoms with Crippen molar-refractivity contribution in [3.05, 3.63) is 103 Å². The molecule has 38 heavy (non-hydrogen) atoms. The van der Waals surface area contributed by atoms with Crippen molar-refractivity contribution in [1.82, 2.24) is 4.98 Å². The molecule has 194 valence electrons. The molecule has 10 heteroatoms. The second kappa shape index (κ2) is 10.7. The van der Waals surface area contributed by atoms with Crippen LogP contribution < -0.4 is 13.9 Å². The summed E-state index contributed by atoms with van der Waals surface area (Å²) < 4.78 is 39.5. The lowest BCUT2D eigenvalue weighted by atomic mass is 10.2. The normalized spacial score (nSPS) is 11.4. The molecule has 5 rings (SSSR count). The van der Waals surface area contributed by atoms with Crippen molar-refractivity contribution in [2.45, 2.75) is 18.4 Å². The third-order valence-corrected chi connectivity index (χ3v) is 8.75. The molecule has 3 aromatic carbocycles. The quantitative estimate of drug-likeness (QED) is 0.226. The molecule has 2 heterocycles. The highest BCUT2D eigenvalue weighted by molar-refractivity contribution is 7.92. The van der Waals surface area contributed by atoms with Gasteiger partial charge in [-0.05, 0) is 73.7 Å². The van der Waals surface area contributed by atoms with Crippen molar-refractivity contribution in [2.75, 3.05) is 22.9 Å². The number of rotatable bonds is 9. The van der Waals surface area contributed by atoms with Crippen molar-refractivity contribution in [1.29, 1.82) is 0 Å². The first kappa shape index (κ1) is 25.5. The molecule has 1 amide bonds. The molecule has 0 saturated carbocycles. The van der Waals surface area contributed by atoms with E-state index in [1.807, 2.05) is 31.2 Å². The van der Waals surface area contributed by atoms with E-state index in [0.29, 0.717) is 28.7 Å². The summed E-state index contributed by atoms with van der Waals surface area (Å²) in [6, 6.07) is 23.9. The number of carbonyl (C=O) groups is 1. The Kier molecular flexibility index (Phi) is 7.17. The minimum absolute atomic E-state index is 0.0847. The smallest absolute Gasteiger partial charge is 0.264 e. The van der Waals surface area contributed by atoms with E-state index in [4.69, 9.17) is 9.15 Å². The van der Waals surface area contributed by atoms with Crippen molar-refractivity contribution in [2.24, 2.45) is 0 Å². The van der Waals surface area contributed by atoms with Crippen molar-refractivity contribution in [3.8, 4) is 5.75 Å². The number of fused-ring (bicyclic) bond motifs is 1. The monoisotopic (exact) mass is 547 g/mol. The number of hydrogen-bond acceptors (Lipinski definition) is 7. The summed E-state index contributed by atoms with van der Waals surface area (Å²) >= 11 is 1.37. The number of furan rings is 1. The van der Waals surface area contributed by atoms with Gasteiger partial charge in [0.05, 0.1) is 40.2 Å². The van der Waals surface area contributed by atoms with Gasteiger partial charge in [-0.3, -0.25) is 14.0 Å². The number of nitrogens with zero attached hydrogens (tertiary/aromatic N) is 3. The largest absolute Gasteiger partial charge is 0.494 e. The zero-order valence-electron chi connectivity index (χ0n) is 20.8. The van der Waals surface area contributed by atoms with Crippen LogP contribution in [0.5, 0.6) is 5.75 Å². The fourth-order valence-corrected chi connectivity index (χ4v) is 6.10. The summed E-state index contributed by atoms with van der Waals surface area (Å²) in [5, 5.41) is 0.496. The summed E-state index contributed by atoms with van der Waals surface area (Å²) in [4.78, 5) is 20.0. The standard InChI is InChI=1S/C28H25N3O5S2/c1-3-35-22-13-16-25-26(18-22)37-28(29-25)31(19-23-10-7-17-36-23)27(32)20-11-14-24(15-12-20)38(33,34)30(2)21-8-5-4-6-9-21/h4-18H,3,19H2,1-2H3. The van der Waals surface area contributed by atoms with E-state index >= 15 is 0 Å². The Morgan fingerprint density at radius 1 is 1.00 bits per heavy atom. The molecule has 2 aromatic heterocycles. The van der Waals surface area contributed by atoms with Crippen LogP contribution in [0, 0.1) is 0 Å². The first-order valence-corrected chi connectivity index (χ1v) is 14.1. The molecular formula is C28H25N3O5S2. The Hall–Kier alpha value is -4.15. The number of thiazole rings is 1. The number of aromatic nitrogens is 1. The van der Waals surface area contributed by atoms with E-state index in [0.717, 1.165) is 16.0 Å². The van der Waals surface area contributed by atoms with Crippen LogP contribution in [0.3, 0.4) is 0 Å². The van der Waals surface area contributed by atoms with Crippen LogP contribution in [0.15, 0.2) is 101 Å². The lowest BCUT2D eigenvalue weighted by Crippen LogP contribution is -2.30. The maximum atomic E-state index is 13.7. The minimum Gasteiger partial charge on any atom is -0.494 e. The van der Waals surface area contributed by atoms with Gasteiger partial charge in [0.15, 0.2) is 5.13 Å². The highest BCUT2D eigenvalue weighted by Gasteiger charge is 2.25. The summed E-state index contributed by atoms with van der Waals surface area (Å²) in [5.74, 6) is 0.999. The number of sulfonamides is 1.